The Bertz CT molecular complexity index is 447. The molecular formula is C13H18Cl2N2O. The fraction of sp³-hybridized carbons (Fsp3) is 0.462. The van der Waals surface area contributed by atoms with Crippen LogP contribution in [0.5, 0.6) is 0 Å². The first-order valence-electron chi connectivity index (χ1n) is 5.84. The molecule has 0 spiro atoms. The standard InChI is InChI=1S/C13H18Cl2N2O/c1-7(2)9(6-16)13(18)17-12-10(14)5-4-8(3)11(12)15/h4-5,7,9H,6,16H2,1-3H3,(H,17,18). The molecular weight excluding hydrogens is 271 g/mol. The first kappa shape index (κ1) is 15.3. The smallest absolute Gasteiger partial charge is 0.229 e. The van der Waals surface area contributed by atoms with E-state index in [1.54, 1.807) is 6.07 Å². The summed E-state index contributed by atoms with van der Waals surface area (Å²) in [4.78, 5) is 12.1. The minimum atomic E-state index is -0.252. The Balaban J connectivity index is 2.98. The molecule has 3 nitrogen and oxygen atoms in total. The molecule has 1 aromatic rings. The van der Waals surface area contributed by atoms with Gasteiger partial charge in [0, 0.05) is 6.54 Å². The van der Waals surface area contributed by atoms with Gasteiger partial charge in [0.1, 0.15) is 0 Å². The fourth-order valence-corrected chi connectivity index (χ4v) is 2.13. The molecule has 100 valence electrons. The number of carbonyl (C=O) groups is 1. The summed E-state index contributed by atoms with van der Waals surface area (Å²) in [6.07, 6.45) is 0. The van der Waals surface area contributed by atoms with E-state index in [4.69, 9.17) is 28.9 Å². The van der Waals surface area contributed by atoms with Crippen LogP contribution in [0.1, 0.15) is 19.4 Å². The molecule has 0 saturated heterocycles. The average Bonchev–Trinajstić information content (AvgIpc) is 2.30. The van der Waals surface area contributed by atoms with Crippen molar-refractivity contribution >= 4 is 34.8 Å². The Kier molecular flexibility index (Phi) is 5.45. The van der Waals surface area contributed by atoms with Crippen LogP contribution in [-0.4, -0.2) is 12.5 Å². The van der Waals surface area contributed by atoms with E-state index in [-0.39, 0.29) is 17.7 Å². The zero-order valence-corrected chi connectivity index (χ0v) is 12.3. The van der Waals surface area contributed by atoms with Gasteiger partial charge in [-0.05, 0) is 24.5 Å². The summed E-state index contributed by atoms with van der Waals surface area (Å²) >= 11 is 12.2. The number of benzene rings is 1. The van der Waals surface area contributed by atoms with Crippen LogP contribution in [0.4, 0.5) is 5.69 Å². The van der Waals surface area contributed by atoms with Gasteiger partial charge in [-0.15, -0.1) is 0 Å². The molecule has 1 rings (SSSR count). The first-order valence-corrected chi connectivity index (χ1v) is 6.59. The van der Waals surface area contributed by atoms with Crippen LogP contribution in [0.15, 0.2) is 12.1 Å². The van der Waals surface area contributed by atoms with Crippen LogP contribution in [0.3, 0.4) is 0 Å². The molecule has 0 fully saturated rings. The fourth-order valence-electron chi connectivity index (χ4n) is 1.67. The average molecular weight is 289 g/mol. The molecule has 1 aromatic carbocycles. The first-order chi connectivity index (χ1) is 8.38. The largest absolute Gasteiger partial charge is 0.330 e. The maximum absolute atomic E-state index is 12.1. The number of halogens is 2. The molecule has 3 N–H and O–H groups in total. The monoisotopic (exact) mass is 288 g/mol. The molecule has 18 heavy (non-hydrogen) atoms. The number of carbonyl (C=O) groups excluding carboxylic acids is 1. The van der Waals surface area contributed by atoms with E-state index >= 15 is 0 Å². The van der Waals surface area contributed by atoms with E-state index in [0.29, 0.717) is 22.3 Å². The second kappa shape index (κ2) is 6.41. The molecule has 0 aliphatic heterocycles. The predicted octanol–water partition coefficient (Wildman–Crippen LogP) is 3.47. The topological polar surface area (TPSA) is 55.1 Å². The third-order valence-corrected chi connectivity index (χ3v) is 3.73. The number of aryl methyl sites for hydroxylation is 1. The van der Waals surface area contributed by atoms with Crippen LogP contribution in [0.25, 0.3) is 0 Å². The Morgan fingerprint density at radius 3 is 2.50 bits per heavy atom. The molecule has 0 radical (unpaired) electrons. The summed E-state index contributed by atoms with van der Waals surface area (Å²) < 4.78 is 0. The molecule has 0 bridgehead atoms. The van der Waals surface area contributed by atoms with Crippen molar-refractivity contribution in [3.63, 3.8) is 0 Å². The molecule has 1 amide bonds. The van der Waals surface area contributed by atoms with Crippen molar-refractivity contribution in [3.8, 4) is 0 Å². The summed E-state index contributed by atoms with van der Waals surface area (Å²) in [5.74, 6) is -0.239. The van der Waals surface area contributed by atoms with E-state index in [2.05, 4.69) is 5.32 Å². The predicted molar refractivity (Wildman–Crippen MR) is 77.2 cm³/mol. The summed E-state index contributed by atoms with van der Waals surface area (Å²) in [7, 11) is 0. The minimum Gasteiger partial charge on any atom is -0.330 e. The Morgan fingerprint density at radius 2 is 2.00 bits per heavy atom. The highest BCUT2D eigenvalue weighted by Gasteiger charge is 2.22. The van der Waals surface area contributed by atoms with E-state index in [9.17, 15) is 4.79 Å². The molecule has 0 aliphatic rings. The van der Waals surface area contributed by atoms with Crippen molar-refractivity contribution in [1.29, 1.82) is 0 Å². The van der Waals surface area contributed by atoms with Crippen LogP contribution < -0.4 is 11.1 Å². The number of nitrogens with one attached hydrogen (secondary N) is 1. The number of nitrogens with two attached hydrogens (primary N) is 1. The molecule has 1 atom stereocenters. The number of hydrogen-bond donors (Lipinski definition) is 2. The molecule has 0 heterocycles. The maximum atomic E-state index is 12.1. The van der Waals surface area contributed by atoms with Gasteiger partial charge in [0.25, 0.3) is 0 Å². The third kappa shape index (κ3) is 3.37. The number of hydrogen-bond acceptors (Lipinski definition) is 2. The summed E-state index contributed by atoms with van der Waals surface area (Å²) in [5.41, 5.74) is 6.93. The van der Waals surface area contributed by atoms with Crippen LogP contribution in [-0.2, 0) is 4.79 Å². The van der Waals surface area contributed by atoms with E-state index < -0.39 is 0 Å². The normalized spacial score (nSPS) is 12.6. The van der Waals surface area contributed by atoms with Crippen molar-refractivity contribution in [2.24, 2.45) is 17.6 Å². The van der Waals surface area contributed by atoms with Gasteiger partial charge in [-0.1, -0.05) is 43.1 Å². The third-order valence-electron chi connectivity index (χ3n) is 2.93. The van der Waals surface area contributed by atoms with Crippen molar-refractivity contribution in [3.05, 3.63) is 27.7 Å². The summed E-state index contributed by atoms with van der Waals surface area (Å²) in [5, 5.41) is 3.67. The lowest BCUT2D eigenvalue weighted by Crippen LogP contribution is -2.33. The van der Waals surface area contributed by atoms with Gasteiger partial charge in [-0.3, -0.25) is 4.79 Å². The SMILES string of the molecule is Cc1ccc(Cl)c(NC(=O)C(CN)C(C)C)c1Cl. The van der Waals surface area contributed by atoms with Gasteiger partial charge >= 0.3 is 0 Å². The quantitative estimate of drug-likeness (QED) is 0.891. The molecule has 0 aromatic heterocycles. The zero-order valence-electron chi connectivity index (χ0n) is 10.8. The van der Waals surface area contributed by atoms with Crippen LogP contribution in [0.2, 0.25) is 10.0 Å². The van der Waals surface area contributed by atoms with Crippen molar-refractivity contribution < 1.29 is 4.79 Å². The maximum Gasteiger partial charge on any atom is 0.229 e. The lowest BCUT2D eigenvalue weighted by Gasteiger charge is -2.19. The highest BCUT2D eigenvalue weighted by molar-refractivity contribution is 6.40. The highest BCUT2D eigenvalue weighted by atomic mass is 35.5. The Morgan fingerprint density at radius 1 is 1.39 bits per heavy atom. The molecule has 0 aliphatic carbocycles. The number of amides is 1. The second-order valence-electron chi connectivity index (χ2n) is 4.63. The summed E-state index contributed by atoms with van der Waals surface area (Å²) in [6.45, 7) is 6.06. The molecule has 0 saturated carbocycles. The number of rotatable bonds is 4. The van der Waals surface area contributed by atoms with Crippen LogP contribution in [0, 0.1) is 18.8 Å². The lowest BCUT2D eigenvalue weighted by atomic mass is 9.95. The summed E-state index contributed by atoms with van der Waals surface area (Å²) in [6, 6.07) is 3.52. The van der Waals surface area contributed by atoms with Gasteiger partial charge in [-0.25, -0.2) is 0 Å². The van der Waals surface area contributed by atoms with Gasteiger partial charge < -0.3 is 11.1 Å². The second-order valence-corrected chi connectivity index (χ2v) is 5.41. The van der Waals surface area contributed by atoms with Gasteiger partial charge in [0.2, 0.25) is 5.91 Å². The van der Waals surface area contributed by atoms with Crippen LogP contribution >= 0.6 is 23.2 Å². The van der Waals surface area contributed by atoms with Gasteiger partial charge in [0.05, 0.1) is 21.7 Å². The van der Waals surface area contributed by atoms with Crippen molar-refractivity contribution in [2.45, 2.75) is 20.8 Å². The molecule has 1 unspecified atom stereocenters. The molecule has 5 heteroatoms. The highest BCUT2D eigenvalue weighted by Crippen LogP contribution is 2.33. The lowest BCUT2D eigenvalue weighted by molar-refractivity contribution is -0.120. The van der Waals surface area contributed by atoms with Crippen molar-refractivity contribution in [2.75, 3.05) is 11.9 Å². The van der Waals surface area contributed by atoms with Gasteiger partial charge in [-0.2, -0.15) is 0 Å². The van der Waals surface area contributed by atoms with E-state index in [1.165, 1.54) is 0 Å². The van der Waals surface area contributed by atoms with E-state index in [1.807, 2.05) is 26.8 Å². The number of anilines is 1. The minimum absolute atomic E-state index is 0.151. The van der Waals surface area contributed by atoms with Crippen molar-refractivity contribution in [1.82, 2.24) is 0 Å². The van der Waals surface area contributed by atoms with E-state index in [0.717, 1.165) is 5.56 Å². The zero-order chi connectivity index (χ0) is 13.9. The van der Waals surface area contributed by atoms with Gasteiger partial charge in [0.15, 0.2) is 0 Å². The Hall–Kier alpha value is -0.770. The Labute approximate surface area is 118 Å².